The zero-order chi connectivity index (χ0) is 23.5. The van der Waals surface area contributed by atoms with Crippen molar-refractivity contribution in [1.82, 2.24) is 4.90 Å². The molecule has 5 nitrogen and oxygen atoms in total. The number of fused-ring (bicyclic) bond motifs is 2. The number of carbonyl (C=O) groups excluding carboxylic acids is 2. The van der Waals surface area contributed by atoms with Crippen molar-refractivity contribution in [1.29, 1.82) is 0 Å². The first-order valence-electron chi connectivity index (χ1n) is 12.2. The van der Waals surface area contributed by atoms with Crippen LogP contribution in [0.15, 0.2) is 72.8 Å². The largest absolute Gasteiger partial charge is 0.331 e. The Bertz CT molecular complexity index is 1190. The Kier molecular flexibility index (Phi) is 6.45. The van der Waals surface area contributed by atoms with Crippen LogP contribution < -0.4 is 11.1 Å². The maximum absolute atomic E-state index is 13.8. The summed E-state index contributed by atoms with van der Waals surface area (Å²) in [6.45, 7) is 0.713. The van der Waals surface area contributed by atoms with Gasteiger partial charge in [0.25, 0.3) is 5.91 Å². The third-order valence-electron chi connectivity index (χ3n) is 7.13. The Hall–Kier alpha value is -3.44. The molecule has 3 aromatic rings. The molecule has 2 heterocycles. The normalized spacial score (nSPS) is 19.6. The second-order valence-corrected chi connectivity index (χ2v) is 9.35. The van der Waals surface area contributed by atoms with Gasteiger partial charge >= 0.3 is 0 Å². The molecule has 0 aromatic heterocycles. The van der Waals surface area contributed by atoms with Gasteiger partial charge in [-0.1, -0.05) is 54.6 Å². The fourth-order valence-electron chi connectivity index (χ4n) is 5.24. The molecule has 5 heteroatoms. The number of benzene rings is 3. The third-order valence-corrected chi connectivity index (χ3v) is 7.13. The predicted octanol–water partition coefficient (Wildman–Crippen LogP) is 4.66. The monoisotopic (exact) mass is 453 g/mol. The topological polar surface area (TPSA) is 75.4 Å². The molecule has 0 fully saturated rings. The van der Waals surface area contributed by atoms with Gasteiger partial charge in [-0.2, -0.15) is 0 Å². The molecule has 0 aliphatic carbocycles. The third kappa shape index (κ3) is 4.62. The molecule has 2 amide bonds. The number of carbonyl (C=O) groups is 2. The van der Waals surface area contributed by atoms with Crippen LogP contribution in [-0.4, -0.2) is 29.3 Å². The van der Waals surface area contributed by atoms with Crippen LogP contribution in [0.1, 0.15) is 57.9 Å². The summed E-state index contributed by atoms with van der Waals surface area (Å²) in [5.74, 6) is -0.106. The fraction of sp³-hybridized carbons (Fsp3) is 0.310. The summed E-state index contributed by atoms with van der Waals surface area (Å²) >= 11 is 0. The lowest BCUT2D eigenvalue weighted by atomic mass is 9.88. The fourth-order valence-corrected chi connectivity index (χ4v) is 5.24. The number of nitrogens with zero attached hydrogens (tertiary/aromatic N) is 1. The van der Waals surface area contributed by atoms with Crippen molar-refractivity contribution in [2.75, 3.05) is 11.9 Å². The first-order chi connectivity index (χ1) is 16.6. The van der Waals surface area contributed by atoms with Gasteiger partial charge in [-0.05, 0) is 79.0 Å². The number of hydrogen-bond acceptors (Lipinski definition) is 3. The molecule has 0 bridgehead atoms. The molecule has 5 rings (SSSR count). The van der Waals surface area contributed by atoms with E-state index < -0.39 is 6.04 Å². The number of hydrogen-bond donors (Lipinski definition) is 2. The van der Waals surface area contributed by atoms with Gasteiger partial charge in [-0.25, -0.2) is 0 Å². The first kappa shape index (κ1) is 22.4. The molecule has 0 spiro atoms. The highest BCUT2D eigenvalue weighted by atomic mass is 16.2. The van der Waals surface area contributed by atoms with Crippen molar-refractivity contribution in [3.05, 3.63) is 101 Å². The van der Waals surface area contributed by atoms with Crippen LogP contribution in [0.4, 0.5) is 5.69 Å². The number of anilines is 1. The highest BCUT2D eigenvalue weighted by Crippen LogP contribution is 2.35. The summed E-state index contributed by atoms with van der Waals surface area (Å²) < 4.78 is 0. The zero-order valence-electron chi connectivity index (χ0n) is 19.4. The molecule has 34 heavy (non-hydrogen) atoms. The average Bonchev–Trinajstić information content (AvgIpc) is 3.01. The van der Waals surface area contributed by atoms with Crippen LogP contribution in [0.5, 0.6) is 0 Å². The Balaban J connectivity index is 1.38. The summed E-state index contributed by atoms with van der Waals surface area (Å²) in [5, 5.41) is 2.89. The van der Waals surface area contributed by atoms with Gasteiger partial charge in [0, 0.05) is 17.8 Å². The van der Waals surface area contributed by atoms with Gasteiger partial charge in [0.1, 0.15) is 0 Å². The lowest BCUT2D eigenvalue weighted by Gasteiger charge is -2.38. The summed E-state index contributed by atoms with van der Waals surface area (Å²) in [5.41, 5.74) is 12.3. The maximum Gasteiger partial charge on any atom is 0.254 e. The van der Waals surface area contributed by atoms with Crippen LogP contribution in [-0.2, 0) is 24.1 Å². The van der Waals surface area contributed by atoms with Gasteiger partial charge in [-0.15, -0.1) is 0 Å². The van der Waals surface area contributed by atoms with Crippen molar-refractivity contribution in [3.63, 3.8) is 0 Å². The lowest BCUT2D eigenvalue weighted by Crippen LogP contribution is -2.40. The van der Waals surface area contributed by atoms with Crippen LogP contribution in [0, 0.1) is 0 Å². The van der Waals surface area contributed by atoms with Crippen molar-refractivity contribution in [2.45, 2.75) is 50.6 Å². The summed E-state index contributed by atoms with van der Waals surface area (Å²) in [7, 11) is 0. The number of amides is 2. The Morgan fingerprint density at radius 3 is 2.62 bits per heavy atom. The minimum atomic E-state index is -0.515. The maximum atomic E-state index is 13.8. The van der Waals surface area contributed by atoms with E-state index in [1.807, 2.05) is 24.3 Å². The second-order valence-electron chi connectivity index (χ2n) is 9.35. The highest BCUT2D eigenvalue weighted by Gasteiger charge is 2.31. The highest BCUT2D eigenvalue weighted by molar-refractivity contribution is 5.98. The Morgan fingerprint density at radius 2 is 1.76 bits per heavy atom. The molecule has 2 aliphatic heterocycles. The van der Waals surface area contributed by atoms with E-state index >= 15 is 0 Å². The Labute approximate surface area is 201 Å². The SMILES string of the molecule is NC1CCc2cc(C(=O)N3CCc4ccccc4C3CCCc3ccccc3)ccc2NC1=O. The smallest absolute Gasteiger partial charge is 0.254 e. The molecule has 2 atom stereocenters. The summed E-state index contributed by atoms with van der Waals surface area (Å²) in [6, 6.07) is 24.2. The molecule has 0 radical (unpaired) electrons. The second kappa shape index (κ2) is 9.82. The minimum Gasteiger partial charge on any atom is -0.331 e. The van der Waals surface area contributed by atoms with Crippen molar-refractivity contribution in [2.24, 2.45) is 5.73 Å². The van der Waals surface area contributed by atoms with E-state index in [1.54, 1.807) is 0 Å². The number of rotatable bonds is 5. The first-order valence-corrected chi connectivity index (χ1v) is 12.2. The molecule has 0 saturated heterocycles. The minimum absolute atomic E-state index is 0.0573. The van der Waals surface area contributed by atoms with E-state index in [-0.39, 0.29) is 17.9 Å². The van der Waals surface area contributed by atoms with Crippen LogP contribution >= 0.6 is 0 Å². The van der Waals surface area contributed by atoms with Crippen molar-refractivity contribution < 1.29 is 9.59 Å². The van der Waals surface area contributed by atoms with Gasteiger partial charge < -0.3 is 16.0 Å². The van der Waals surface area contributed by atoms with E-state index in [1.165, 1.54) is 16.7 Å². The molecule has 3 aromatic carbocycles. The van der Waals surface area contributed by atoms with E-state index in [0.717, 1.165) is 36.9 Å². The van der Waals surface area contributed by atoms with E-state index in [0.29, 0.717) is 24.9 Å². The van der Waals surface area contributed by atoms with Gasteiger partial charge in [-0.3, -0.25) is 9.59 Å². The van der Waals surface area contributed by atoms with Gasteiger partial charge in [0.15, 0.2) is 0 Å². The zero-order valence-corrected chi connectivity index (χ0v) is 19.4. The standard InChI is InChI=1S/C29H31N3O2/c30-25-15-13-22-19-23(14-16-26(22)31-28(25)33)29(34)32-18-17-21-10-4-5-11-24(21)27(32)12-6-9-20-7-2-1-3-8-20/h1-5,7-8,10-11,14,16,19,25,27H,6,9,12-13,15,17-18,30H2,(H,31,33). The quantitative estimate of drug-likeness (QED) is 0.590. The molecule has 2 unspecified atom stereocenters. The number of aryl methyl sites for hydroxylation is 2. The summed E-state index contributed by atoms with van der Waals surface area (Å²) in [6.07, 6.45) is 5.07. The molecule has 174 valence electrons. The lowest BCUT2D eigenvalue weighted by molar-refractivity contribution is -0.117. The number of nitrogens with two attached hydrogens (primary N) is 1. The molecule has 3 N–H and O–H groups in total. The predicted molar refractivity (Wildman–Crippen MR) is 135 cm³/mol. The summed E-state index contributed by atoms with van der Waals surface area (Å²) in [4.78, 5) is 27.9. The van der Waals surface area contributed by atoms with Gasteiger partial charge in [0.2, 0.25) is 5.91 Å². The molecular weight excluding hydrogens is 422 g/mol. The van der Waals surface area contributed by atoms with Gasteiger partial charge in [0.05, 0.1) is 12.1 Å². The molecular formula is C29H31N3O2. The van der Waals surface area contributed by atoms with Crippen LogP contribution in [0.2, 0.25) is 0 Å². The van der Waals surface area contributed by atoms with Crippen LogP contribution in [0.25, 0.3) is 0 Å². The molecule has 0 saturated carbocycles. The molecule has 2 aliphatic rings. The van der Waals surface area contributed by atoms with E-state index in [2.05, 4.69) is 58.7 Å². The number of nitrogens with one attached hydrogen (secondary N) is 1. The van der Waals surface area contributed by atoms with E-state index in [4.69, 9.17) is 5.73 Å². The average molecular weight is 454 g/mol. The Morgan fingerprint density at radius 1 is 0.971 bits per heavy atom. The van der Waals surface area contributed by atoms with Crippen molar-refractivity contribution in [3.8, 4) is 0 Å². The van der Waals surface area contributed by atoms with E-state index in [9.17, 15) is 9.59 Å². The van der Waals surface area contributed by atoms with Crippen LogP contribution in [0.3, 0.4) is 0 Å². The van der Waals surface area contributed by atoms with Crippen molar-refractivity contribution >= 4 is 17.5 Å².